The van der Waals surface area contributed by atoms with Crippen molar-refractivity contribution >= 4 is 0 Å². The zero-order valence-electron chi connectivity index (χ0n) is 10.6. The minimum absolute atomic E-state index is 0.183. The van der Waals surface area contributed by atoms with Gasteiger partial charge in [0.05, 0.1) is 19.3 Å². The lowest BCUT2D eigenvalue weighted by Crippen LogP contribution is -2.13. The maximum absolute atomic E-state index is 9.38. The van der Waals surface area contributed by atoms with Gasteiger partial charge in [0.1, 0.15) is 5.75 Å². The van der Waals surface area contributed by atoms with Crippen LogP contribution in [0.1, 0.15) is 31.4 Å². The molecule has 0 fully saturated rings. The molecule has 3 heteroatoms. The minimum Gasteiger partial charge on any atom is -0.494 e. The predicted octanol–water partition coefficient (Wildman–Crippen LogP) is 1.93. The predicted molar refractivity (Wildman–Crippen MR) is 68.4 cm³/mol. The van der Waals surface area contributed by atoms with Gasteiger partial charge in [-0.25, -0.2) is 0 Å². The van der Waals surface area contributed by atoms with Crippen molar-refractivity contribution in [2.45, 2.75) is 39.2 Å². The summed E-state index contributed by atoms with van der Waals surface area (Å²) < 4.78 is 5.56. The molecule has 17 heavy (non-hydrogen) atoms. The van der Waals surface area contributed by atoms with E-state index in [-0.39, 0.29) is 6.61 Å². The summed E-state index contributed by atoms with van der Waals surface area (Å²) in [6.45, 7) is 4.53. The van der Waals surface area contributed by atoms with Crippen molar-refractivity contribution < 1.29 is 14.9 Å². The van der Waals surface area contributed by atoms with Crippen LogP contribution in [0.2, 0.25) is 0 Å². The van der Waals surface area contributed by atoms with Crippen LogP contribution in [-0.4, -0.2) is 29.5 Å². The van der Waals surface area contributed by atoms with Crippen LogP contribution >= 0.6 is 0 Å². The largest absolute Gasteiger partial charge is 0.494 e. The van der Waals surface area contributed by atoms with E-state index in [1.807, 2.05) is 13.0 Å². The van der Waals surface area contributed by atoms with Crippen molar-refractivity contribution in [3.8, 4) is 5.75 Å². The van der Waals surface area contributed by atoms with E-state index in [0.29, 0.717) is 13.0 Å². The molecular weight excluding hydrogens is 216 g/mol. The molecule has 96 valence electrons. The number of hydrogen-bond acceptors (Lipinski definition) is 3. The highest BCUT2D eigenvalue weighted by Gasteiger charge is 2.08. The molecule has 1 aromatic carbocycles. The van der Waals surface area contributed by atoms with Crippen molar-refractivity contribution in [3.05, 3.63) is 29.3 Å². The number of hydrogen-bond donors (Lipinski definition) is 2. The molecule has 2 N–H and O–H groups in total. The molecule has 1 rings (SSSR count). The van der Waals surface area contributed by atoms with E-state index < -0.39 is 6.10 Å². The summed E-state index contributed by atoms with van der Waals surface area (Å²) in [5.74, 6) is 0.884. The number of aliphatic hydroxyl groups excluding tert-OH is 2. The van der Waals surface area contributed by atoms with E-state index in [9.17, 15) is 5.11 Å². The highest BCUT2D eigenvalue weighted by Crippen LogP contribution is 2.22. The number of rotatable bonds is 7. The fourth-order valence-corrected chi connectivity index (χ4v) is 1.76. The van der Waals surface area contributed by atoms with E-state index in [2.05, 4.69) is 19.1 Å². The third-order valence-electron chi connectivity index (χ3n) is 2.79. The average molecular weight is 238 g/mol. The third-order valence-corrected chi connectivity index (χ3v) is 2.79. The second kappa shape index (κ2) is 7.30. The van der Waals surface area contributed by atoms with Gasteiger partial charge in [0.15, 0.2) is 0 Å². The molecule has 0 saturated carbocycles. The summed E-state index contributed by atoms with van der Waals surface area (Å²) in [6, 6.07) is 6.18. The van der Waals surface area contributed by atoms with Gasteiger partial charge >= 0.3 is 0 Å². The van der Waals surface area contributed by atoms with Crippen LogP contribution in [0.15, 0.2) is 18.2 Å². The summed E-state index contributed by atoms with van der Waals surface area (Å²) in [5.41, 5.74) is 2.38. The van der Waals surface area contributed by atoms with E-state index in [1.54, 1.807) is 0 Å². The van der Waals surface area contributed by atoms with Gasteiger partial charge in [-0.2, -0.15) is 0 Å². The Kier molecular flexibility index (Phi) is 6.01. The fourth-order valence-electron chi connectivity index (χ4n) is 1.76. The molecule has 1 aromatic rings. The Labute approximate surface area is 103 Å². The quantitative estimate of drug-likeness (QED) is 0.763. The van der Waals surface area contributed by atoms with Crippen LogP contribution in [0.4, 0.5) is 0 Å². The van der Waals surface area contributed by atoms with Crippen molar-refractivity contribution in [1.29, 1.82) is 0 Å². The Balaban J connectivity index is 2.77. The lowest BCUT2D eigenvalue weighted by atomic mass is 10.0. The maximum Gasteiger partial charge on any atom is 0.122 e. The Hall–Kier alpha value is -1.06. The summed E-state index contributed by atoms with van der Waals surface area (Å²) in [6.07, 6.45) is 1.63. The lowest BCUT2D eigenvalue weighted by molar-refractivity contribution is 0.0884. The standard InChI is InChI=1S/C14H22O3/c1-3-11-5-8-14(17-4-2)12(9-11)6-7-13(16)10-15/h5,8-9,13,15-16H,3-4,6-7,10H2,1-2H3. The molecule has 0 aliphatic rings. The lowest BCUT2D eigenvalue weighted by Gasteiger charge is -2.13. The molecule has 3 nitrogen and oxygen atoms in total. The van der Waals surface area contributed by atoms with Gasteiger partial charge in [-0.3, -0.25) is 0 Å². The van der Waals surface area contributed by atoms with Crippen LogP contribution in [0.25, 0.3) is 0 Å². The number of ether oxygens (including phenoxy) is 1. The minimum atomic E-state index is -0.644. The highest BCUT2D eigenvalue weighted by molar-refractivity contribution is 5.37. The molecule has 0 aliphatic carbocycles. The maximum atomic E-state index is 9.38. The first kappa shape index (κ1) is 14.0. The van der Waals surface area contributed by atoms with Crippen LogP contribution in [0.5, 0.6) is 5.75 Å². The first-order valence-corrected chi connectivity index (χ1v) is 6.24. The Morgan fingerprint density at radius 1 is 1.29 bits per heavy atom. The van der Waals surface area contributed by atoms with E-state index in [0.717, 1.165) is 24.2 Å². The Morgan fingerprint density at radius 2 is 2.06 bits per heavy atom. The van der Waals surface area contributed by atoms with Crippen molar-refractivity contribution in [3.63, 3.8) is 0 Å². The molecule has 0 aromatic heterocycles. The average Bonchev–Trinajstić information content (AvgIpc) is 2.37. The molecule has 0 spiro atoms. The zero-order chi connectivity index (χ0) is 12.7. The molecule has 0 saturated heterocycles. The number of aliphatic hydroxyl groups is 2. The Morgan fingerprint density at radius 3 is 2.65 bits per heavy atom. The molecule has 0 heterocycles. The molecule has 0 aliphatic heterocycles. The first-order valence-electron chi connectivity index (χ1n) is 6.24. The summed E-state index contributed by atoms with van der Waals surface area (Å²) in [4.78, 5) is 0. The zero-order valence-corrected chi connectivity index (χ0v) is 10.6. The van der Waals surface area contributed by atoms with Gasteiger partial charge in [0.25, 0.3) is 0 Å². The van der Waals surface area contributed by atoms with E-state index in [1.165, 1.54) is 5.56 Å². The fraction of sp³-hybridized carbons (Fsp3) is 0.571. The van der Waals surface area contributed by atoms with E-state index >= 15 is 0 Å². The third kappa shape index (κ3) is 4.36. The van der Waals surface area contributed by atoms with Crippen LogP contribution in [0.3, 0.4) is 0 Å². The molecular formula is C14H22O3. The van der Waals surface area contributed by atoms with Crippen LogP contribution in [0, 0.1) is 0 Å². The second-order valence-electron chi connectivity index (χ2n) is 4.10. The number of benzene rings is 1. The monoisotopic (exact) mass is 238 g/mol. The Bertz CT molecular complexity index is 336. The van der Waals surface area contributed by atoms with Crippen LogP contribution in [-0.2, 0) is 12.8 Å². The van der Waals surface area contributed by atoms with Gasteiger partial charge in [-0.1, -0.05) is 19.1 Å². The second-order valence-corrected chi connectivity index (χ2v) is 4.10. The van der Waals surface area contributed by atoms with Crippen molar-refractivity contribution in [2.24, 2.45) is 0 Å². The summed E-state index contributed by atoms with van der Waals surface area (Å²) in [7, 11) is 0. The van der Waals surface area contributed by atoms with Gasteiger partial charge in [0, 0.05) is 0 Å². The van der Waals surface area contributed by atoms with Gasteiger partial charge in [-0.05, 0) is 43.4 Å². The van der Waals surface area contributed by atoms with Gasteiger partial charge in [-0.15, -0.1) is 0 Å². The molecule has 0 bridgehead atoms. The van der Waals surface area contributed by atoms with Gasteiger partial charge < -0.3 is 14.9 Å². The number of aryl methyl sites for hydroxylation is 2. The summed E-state index contributed by atoms with van der Waals surface area (Å²) >= 11 is 0. The molecule has 1 atom stereocenters. The molecule has 0 radical (unpaired) electrons. The smallest absolute Gasteiger partial charge is 0.122 e. The molecule has 1 unspecified atom stereocenters. The first-order chi connectivity index (χ1) is 8.21. The van der Waals surface area contributed by atoms with Crippen LogP contribution < -0.4 is 4.74 Å². The SMILES string of the molecule is CCOc1ccc(CC)cc1CCC(O)CO. The molecule has 0 amide bonds. The summed E-state index contributed by atoms with van der Waals surface area (Å²) in [5, 5.41) is 18.2. The van der Waals surface area contributed by atoms with Crippen molar-refractivity contribution in [2.75, 3.05) is 13.2 Å². The topological polar surface area (TPSA) is 49.7 Å². The van der Waals surface area contributed by atoms with Crippen molar-refractivity contribution in [1.82, 2.24) is 0 Å². The van der Waals surface area contributed by atoms with E-state index in [4.69, 9.17) is 9.84 Å². The van der Waals surface area contributed by atoms with Gasteiger partial charge in [0.2, 0.25) is 0 Å². The highest BCUT2D eigenvalue weighted by atomic mass is 16.5. The normalized spacial score (nSPS) is 12.5.